The van der Waals surface area contributed by atoms with Gasteiger partial charge in [0.1, 0.15) is 0 Å². The van der Waals surface area contributed by atoms with Gasteiger partial charge >= 0.3 is 0 Å². The highest BCUT2D eigenvalue weighted by molar-refractivity contribution is 6.33. The molecule has 0 radical (unpaired) electrons. The number of benzene rings is 2. The van der Waals surface area contributed by atoms with Crippen molar-refractivity contribution in [1.82, 2.24) is 4.98 Å². The van der Waals surface area contributed by atoms with Gasteiger partial charge in [-0.2, -0.15) is 0 Å². The van der Waals surface area contributed by atoms with E-state index >= 15 is 0 Å². The van der Waals surface area contributed by atoms with E-state index in [1.807, 2.05) is 49.5 Å². The molecule has 3 aromatic rings. The molecule has 3 heteroatoms. The van der Waals surface area contributed by atoms with Crippen molar-refractivity contribution in [2.75, 3.05) is 12.4 Å². The van der Waals surface area contributed by atoms with E-state index in [1.165, 1.54) is 0 Å². The smallest absolute Gasteiger partial charge is 0.0725 e. The van der Waals surface area contributed by atoms with Gasteiger partial charge < -0.3 is 5.32 Å². The van der Waals surface area contributed by atoms with E-state index in [0.717, 1.165) is 27.8 Å². The standard InChI is InChI=1S/C16H13ClN2/c1-18-12-7-8-14(17)13(10-12)16-9-6-11-4-2-3-5-15(11)19-16/h2-10,18H,1H3. The number of fused-ring (bicyclic) bond motifs is 1. The molecule has 0 unspecified atom stereocenters. The lowest BCUT2D eigenvalue weighted by atomic mass is 10.1. The van der Waals surface area contributed by atoms with Crippen LogP contribution >= 0.6 is 11.6 Å². The first-order chi connectivity index (χ1) is 9.28. The largest absolute Gasteiger partial charge is 0.388 e. The van der Waals surface area contributed by atoms with Crippen LogP contribution in [0.5, 0.6) is 0 Å². The molecular weight excluding hydrogens is 256 g/mol. The SMILES string of the molecule is CNc1ccc(Cl)c(-c2ccc3ccccc3n2)c1. The fraction of sp³-hybridized carbons (Fsp3) is 0.0625. The van der Waals surface area contributed by atoms with Gasteiger partial charge in [-0.3, -0.25) is 0 Å². The highest BCUT2D eigenvalue weighted by atomic mass is 35.5. The van der Waals surface area contributed by atoms with Crippen molar-refractivity contribution in [3.8, 4) is 11.3 Å². The monoisotopic (exact) mass is 268 g/mol. The number of anilines is 1. The predicted octanol–water partition coefficient (Wildman–Crippen LogP) is 4.60. The summed E-state index contributed by atoms with van der Waals surface area (Å²) in [7, 11) is 1.89. The average Bonchev–Trinajstić information content (AvgIpc) is 2.47. The second-order valence-electron chi connectivity index (χ2n) is 4.33. The lowest BCUT2D eigenvalue weighted by Gasteiger charge is -2.08. The van der Waals surface area contributed by atoms with Gasteiger partial charge in [0.25, 0.3) is 0 Å². The number of rotatable bonds is 2. The average molecular weight is 269 g/mol. The van der Waals surface area contributed by atoms with Crippen LogP contribution in [0.2, 0.25) is 5.02 Å². The summed E-state index contributed by atoms with van der Waals surface area (Å²) in [5, 5.41) is 4.96. The Labute approximate surface area is 117 Å². The Morgan fingerprint density at radius 1 is 1.00 bits per heavy atom. The summed E-state index contributed by atoms with van der Waals surface area (Å²) in [5.41, 5.74) is 3.83. The highest BCUT2D eigenvalue weighted by Crippen LogP contribution is 2.30. The minimum atomic E-state index is 0.710. The van der Waals surface area contributed by atoms with Crippen molar-refractivity contribution >= 4 is 28.2 Å². The number of halogens is 1. The Morgan fingerprint density at radius 2 is 1.84 bits per heavy atom. The number of hydrogen-bond donors (Lipinski definition) is 1. The van der Waals surface area contributed by atoms with Crippen LogP contribution in [0.15, 0.2) is 54.6 Å². The first-order valence-corrected chi connectivity index (χ1v) is 6.49. The Hall–Kier alpha value is -2.06. The molecule has 0 aliphatic rings. The van der Waals surface area contributed by atoms with Crippen LogP contribution in [0.4, 0.5) is 5.69 Å². The van der Waals surface area contributed by atoms with Crippen molar-refractivity contribution in [2.24, 2.45) is 0 Å². The van der Waals surface area contributed by atoms with Crippen LogP contribution < -0.4 is 5.32 Å². The van der Waals surface area contributed by atoms with Crippen LogP contribution in [0.3, 0.4) is 0 Å². The van der Waals surface area contributed by atoms with E-state index < -0.39 is 0 Å². The molecule has 0 aliphatic heterocycles. The molecule has 0 saturated heterocycles. The lowest BCUT2D eigenvalue weighted by Crippen LogP contribution is -1.91. The zero-order valence-electron chi connectivity index (χ0n) is 10.5. The van der Waals surface area contributed by atoms with Gasteiger partial charge in [-0.05, 0) is 30.3 Å². The number of nitrogens with zero attached hydrogens (tertiary/aromatic N) is 1. The summed E-state index contributed by atoms with van der Waals surface area (Å²) in [5.74, 6) is 0. The third-order valence-electron chi connectivity index (χ3n) is 3.13. The van der Waals surface area contributed by atoms with Crippen LogP contribution in [0, 0.1) is 0 Å². The molecule has 94 valence electrons. The second kappa shape index (κ2) is 4.90. The summed E-state index contributed by atoms with van der Waals surface area (Å²) < 4.78 is 0. The fourth-order valence-corrected chi connectivity index (χ4v) is 2.31. The molecule has 0 fully saturated rings. The van der Waals surface area contributed by atoms with Crippen molar-refractivity contribution in [3.63, 3.8) is 0 Å². The molecule has 0 atom stereocenters. The maximum Gasteiger partial charge on any atom is 0.0725 e. The summed E-state index contributed by atoms with van der Waals surface area (Å²) in [4.78, 5) is 4.67. The number of pyridine rings is 1. The molecule has 1 aromatic heterocycles. The van der Waals surface area contributed by atoms with Crippen molar-refractivity contribution in [2.45, 2.75) is 0 Å². The summed E-state index contributed by atoms with van der Waals surface area (Å²) in [6.45, 7) is 0. The minimum absolute atomic E-state index is 0.710. The van der Waals surface area contributed by atoms with Gasteiger partial charge in [-0.1, -0.05) is 35.9 Å². The Kier molecular flexibility index (Phi) is 3.10. The molecule has 0 amide bonds. The lowest BCUT2D eigenvalue weighted by molar-refractivity contribution is 1.39. The van der Waals surface area contributed by atoms with Gasteiger partial charge in [-0.25, -0.2) is 4.98 Å². The van der Waals surface area contributed by atoms with E-state index in [1.54, 1.807) is 0 Å². The molecule has 0 spiro atoms. The Balaban J connectivity index is 2.18. The molecular formula is C16H13ClN2. The first kappa shape index (κ1) is 12.0. The summed E-state index contributed by atoms with van der Waals surface area (Å²) in [6, 6.07) is 18.0. The zero-order valence-corrected chi connectivity index (χ0v) is 11.3. The maximum absolute atomic E-state index is 6.27. The predicted molar refractivity (Wildman–Crippen MR) is 81.7 cm³/mol. The third kappa shape index (κ3) is 2.27. The zero-order chi connectivity index (χ0) is 13.2. The quantitative estimate of drug-likeness (QED) is 0.735. The topological polar surface area (TPSA) is 24.9 Å². The molecule has 0 bridgehead atoms. The van der Waals surface area contributed by atoms with Crippen LogP contribution in [-0.4, -0.2) is 12.0 Å². The van der Waals surface area contributed by atoms with E-state index in [9.17, 15) is 0 Å². The summed E-state index contributed by atoms with van der Waals surface area (Å²) >= 11 is 6.27. The van der Waals surface area contributed by atoms with Crippen molar-refractivity contribution in [1.29, 1.82) is 0 Å². The van der Waals surface area contributed by atoms with Gasteiger partial charge in [0.15, 0.2) is 0 Å². The van der Waals surface area contributed by atoms with E-state index in [4.69, 9.17) is 11.6 Å². The van der Waals surface area contributed by atoms with Gasteiger partial charge in [-0.15, -0.1) is 0 Å². The molecule has 1 heterocycles. The van der Waals surface area contributed by atoms with E-state index in [2.05, 4.69) is 22.4 Å². The number of hydrogen-bond acceptors (Lipinski definition) is 2. The second-order valence-corrected chi connectivity index (χ2v) is 4.74. The first-order valence-electron chi connectivity index (χ1n) is 6.11. The van der Waals surface area contributed by atoms with Crippen LogP contribution in [0.1, 0.15) is 0 Å². The third-order valence-corrected chi connectivity index (χ3v) is 3.46. The van der Waals surface area contributed by atoms with Crippen LogP contribution in [0.25, 0.3) is 22.2 Å². The summed E-state index contributed by atoms with van der Waals surface area (Å²) in [6.07, 6.45) is 0. The van der Waals surface area contributed by atoms with Crippen LogP contribution in [-0.2, 0) is 0 Å². The normalized spacial score (nSPS) is 10.6. The molecule has 3 rings (SSSR count). The Morgan fingerprint density at radius 3 is 2.68 bits per heavy atom. The maximum atomic E-state index is 6.27. The number of nitrogens with one attached hydrogen (secondary N) is 1. The highest BCUT2D eigenvalue weighted by Gasteiger charge is 2.06. The van der Waals surface area contributed by atoms with E-state index in [0.29, 0.717) is 5.02 Å². The van der Waals surface area contributed by atoms with Gasteiger partial charge in [0.05, 0.1) is 16.2 Å². The molecule has 19 heavy (non-hydrogen) atoms. The Bertz CT molecular complexity index is 738. The molecule has 0 aliphatic carbocycles. The van der Waals surface area contributed by atoms with Gasteiger partial charge in [0.2, 0.25) is 0 Å². The number of para-hydroxylation sites is 1. The molecule has 2 aromatic carbocycles. The molecule has 0 saturated carbocycles. The van der Waals surface area contributed by atoms with Crippen molar-refractivity contribution < 1.29 is 0 Å². The molecule has 2 nitrogen and oxygen atoms in total. The fourth-order valence-electron chi connectivity index (χ4n) is 2.09. The minimum Gasteiger partial charge on any atom is -0.388 e. The number of aromatic nitrogens is 1. The molecule has 1 N–H and O–H groups in total. The van der Waals surface area contributed by atoms with Gasteiger partial charge in [0, 0.05) is 23.7 Å². The van der Waals surface area contributed by atoms with E-state index in [-0.39, 0.29) is 0 Å². The van der Waals surface area contributed by atoms with Crippen molar-refractivity contribution in [3.05, 3.63) is 59.6 Å².